The minimum Gasteiger partial charge on any atom is -0.391 e. The third kappa shape index (κ3) is 2.65. The van der Waals surface area contributed by atoms with E-state index in [0.717, 1.165) is 36.9 Å². The summed E-state index contributed by atoms with van der Waals surface area (Å²) in [6, 6.07) is 5.20. The molecule has 0 saturated heterocycles. The molecular weight excluding hydrogens is 268 g/mol. The highest BCUT2D eigenvalue weighted by Crippen LogP contribution is 2.27. The second-order valence-corrected chi connectivity index (χ2v) is 5.93. The Morgan fingerprint density at radius 1 is 1.33 bits per heavy atom. The minimum atomic E-state index is -0.443. The minimum absolute atomic E-state index is 0.0364. The largest absolute Gasteiger partial charge is 0.391 e. The lowest BCUT2D eigenvalue weighted by Gasteiger charge is -2.35. The van der Waals surface area contributed by atoms with Crippen molar-refractivity contribution in [3.63, 3.8) is 0 Å². The summed E-state index contributed by atoms with van der Waals surface area (Å²) in [5.74, 6) is -0.143. The van der Waals surface area contributed by atoms with Crippen LogP contribution in [0.15, 0.2) is 18.2 Å². The lowest BCUT2D eigenvalue weighted by molar-refractivity contribution is -0.115. The van der Waals surface area contributed by atoms with Gasteiger partial charge in [-0.3, -0.25) is 9.59 Å². The Morgan fingerprint density at radius 2 is 2.10 bits per heavy atom. The van der Waals surface area contributed by atoms with Gasteiger partial charge in [-0.05, 0) is 30.5 Å². The number of aliphatic hydroxyl groups excluding tert-OH is 1. The molecule has 1 aliphatic heterocycles. The Labute approximate surface area is 123 Å². The molecule has 2 atom stereocenters. The highest BCUT2D eigenvalue weighted by atomic mass is 16.3. The van der Waals surface area contributed by atoms with E-state index in [1.165, 1.54) is 0 Å². The number of hydrogen-bond acceptors (Lipinski definition) is 3. The predicted molar refractivity (Wildman–Crippen MR) is 79.1 cm³/mol. The zero-order valence-electron chi connectivity index (χ0n) is 12.1. The fraction of sp³-hybridized carbons (Fsp3) is 0.500. The Morgan fingerprint density at radius 3 is 2.86 bits per heavy atom. The van der Waals surface area contributed by atoms with Gasteiger partial charge in [-0.1, -0.05) is 18.9 Å². The van der Waals surface area contributed by atoms with Crippen LogP contribution in [0.4, 0.5) is 5.69 Å². The number of hydrogen-bond donors (Lipinski definition) is 2. The van der Waals surface area contributed by atoms with E-state index in [1.54, 1.807) is 24.1 Å². The van der Waals surface area contributed by atoms with Crippen LogP contribution in [0, 0.1) is 0 Å². The first kappa shape index (κ1) is 14.1. The van der Waals surface area contributed by atoms with Gasteiger partial charge in [0.25, 0.3) is 5.91 Å². The van der Waals surface area contributed by atoms with E-state index < -0.39 is 6.10 Å². The molecule has 2 N–H and O–H groups in total. The first-order valence-corrected chi connectivity index (χ1v) is 7.44. The molecule has 5 heteroatoms. The smallest absolute Gasteiger partial charge is 0.254 e. The number of carbonyl (C=O) groups excluding carboxylic acids is 2. The number of likely N-dealkylation sites (N-methyl/N-ethyl adjacent to an activating group) is 1. The SMILES string of the molecule is CN(C(=O)c1ccc2c(c1)NC(=O)C2)C1CCCCC1O. The molecule has 2 aliphatic rings. The number of carbonyl (C=O) groups is 2. The maximum absolute atomic E-state index is 12.6. The number of fused-ring (bicyclic) bond motifs is 1. The van der Waals surface area contributed by atoms with Crippen LogP contribution >= 0.6 is 0 Å². The summed E-state index contributed by atoms with van der Waals surface area (Å²) in [5.41, 5.74) is 2.21. The van der Waals surface area contributed by atoms with Gasteiger partial charge < -0.3 is 15.3 Å². The van der Waals surface area contributed by atoms with Crippen molar-refractivity contribution in [2.24, 2.45) is 0 Å². The van der Waals surface area contributed by atoms with Gasteiger partial charge in [0, 0.05) is 18.3 Å². The number of anilines is 1. The predicted octanol–water partition coefficient (Wildman–Crippen LogP) is 1.56. The second kappa shape index (κ2) is 5.48. The zero-order valence-corrected chi connectivity index (χ0v) is 12.1. The third-order valence-corrected chi connectivity index (χ3v) is 4.49. The number of nitrogens with one attached hydrogen (secondary N) is 1. The van der Waals surface area contributed by atoms with E-state index in [2.05, 4.69) is 5.32 Å². The van der Waals surface area contributed by atoms with Crippen molar-refractivity contribution in [2.45, 2.75) is 44.2 Å². The van der Waals surface area contributed by atoms with Gasteiger partial charge in [-0.25, -0.2) is 0 Å². The van der Waals surface area contributed by atoms with Crippen molar-refractivity contribution < 1.29 is 14.7 Å². The van der Waals surface area contributed by atoms with Gasteiger partial charge in [0.15, 0.2) is 0 Å². The molecule has 1 aromatic rings. The summed E-state index contributed by atoms with van der Waals surface area (Å²) >= 11 is 0. The van der Waals surface area contributed by atoms with Crippen LogP contribution in [0.5, 0.6) is 0 Å². The van der Waals surface area contributed by atoms with E-state index in [9.17, 15) is 14.7 Å². The van der Waals surface area contributed by atoms with E-state index in [1.807, 2.05) is 6.07 Å². The van der Waals surface area contributed by atoms with Gasteiger partial charge in [0.05, 0.1) is 18.6 Å². The molecule has 1 heterocycles. The lowest BCUT2D eigenvalue weighted by Crippen LogP contribution is -2.46. The highest BCUT2D eigenvalue weighted by Gasteiger charge is 2.30. The zero-order chi connectivity index (χ0) is 15.0. The molecule has 5 nitrogen and oxygen atoms in total. The van der Waals surface area contributed by atoms with Crippen LogP contribution in [0.3, 0.4) is 0 Å². The molecule has 0 bridgehead atoms. The molecule has 1 fully saturated rings. The molecule has 0 spiro atoms. The van der Waals surface area contributed by atoms with Crippen LogP contribution in [0.25, 0.3) is 0 Å². The molecule has 1 aromatic carbocycles. The summed E-state index contributed by atoms with van der Waals surface area (Å²) in [6.07, 6.45) is 3.58. The van der Waals surface area contributed by atoms with Gasteiger partial charge in [0.1, 0.15) is 0 Å². The maximum atomic E-state index is 12.6. The average molecular weight is 288 g/mol. The number of nitrogens with zero attached hydrogens (tertiary/aromatic N) is 1. The number of amides is 2. The topological polar surface area (TPSA) is 69.6 Å². The number of rotatable bonds is 2. The Balaban J connectivity index is 1.79. The molecule has 0 aromatic heterocycles. The standard InChI is InChI=1S/C16H20N2O3/c1-18(13-4-2-3-5-14(13)19)16(21)11-7-6-10-9-15(20)17-12(10)8-11/h6-8,13-14,19H,2-5,9H2,1H3,(H,17,20). The first-order valence-electron chi connectivity index (χ1n) is 7.44. The molecule has 2 amide bonds. The maximum Gasteiger partial charge on any atom is 0.254 e. The molecule has 1 aliphatic carbocycles. The van der Waals surface area contributed by atoms with Gasteiger partial charge in [-0.2, -0.15) is 0 Å². The summed E-state index contributed by atoms with van der Waals surface area (Å²) in [6.45, 7) is 0. The van der Waals surface area contributed by atoms with Crippen molar-refractivity contribution in [1.29, 1.82) is 0 Å². The van der Waals surface area contributed by atoms with Crippen LogP contribution in [0.1, 0.15) is 41.6 Å². The van der Waals surface area contributed by atoms with Crippen molar-refractivity contribution in [1.82, 2.24) is 4.90 Å². The van der Waals surface area contributed by atoms with Crippen molar-refractivity contribution in [3.8, 4) is 0 Å². The first-order chi connectivity index (χ1) is 10.1. The molecule has 0 radical (unpaired) electrons. The van der Waals surface area contributed by atoms with E-state index in [0.29, 0.717) is 12.0 Å². The molecular formula is C16H20N2O3. The van der Waals surface area contributed by atoms with Crippen LogP contribution in [-0.2, 0) is 11.2 Å². The summed E-state index contributed by atoms with van der Waals surface area (Å²) in [4.78, 5) is 25.6. The van der Waals surface area contributed by atoms with Crippen molar-refractivity contribution in [2.75, 3.05) is 12.4 Å². The normalized spacial score (nSPS) is 24.4. The average Bonchev–Trinajstić information content (AvgIpc) is 2.85. The quantitative estimate of drug-likeness (QED) is 0.867. The van der Waals surface area contributed by atoms with E-state index in [4.69, 9.17) is 0 Å². The molecule has 112 valence electrons. The Bertz CT molecular complexity index is 585. The summed E-state index contributed by atoms with van der Waals surface area (Å²) < 4.78 is 0. The summed E-state index contributed by atoms with van der Waals surface area (Å²) in [5, 5.41) is 12.8. The monoisotopic (exact) mass is 288 g/mol. The molecule has 21 heavy (non-hydrogen) atoms. The lowest BCUT2D eigenvalue weighted by atomic mass is 9.91. The van der Waals surface area contributed by atoms with Crippen LogP contribution in [-0.4, -0.2) is 41.0 Å². The van der Waals surface area contributed by atoms with Gasteiger partial charge in [-0.15, -0.1) is 0 Å². The van der Waals surface area contributed by atoms with E-state index in [-0.39, 0.29) is 17.9 Å². The van der Waals surface area contributed by atoms with Gasteiger partial charge >= 0.3 is 0 Å². The number of benzene rings is 1. The van der Waals surface area contributed by atoms with E-state index >= 15 is 0 Å². The second-order valence-electron chi connectivity index (χ2n) is 5.93. The number of aliphatic hydroxyl groups is 1. The molecule has 2 unspecified atom stereocenters. The fourth-order valence-electron chi connectivity index (χ4n) is 3.25. The van der Waals surface area contributed by atoms with Gasteiger partial charge in [0.2, 0.25) is 5.91 Å². The third-order valence-electron chi connectivity index (χ3n) is 4.49. The summed E-state index contributed by atoms with van der Waals surface area (Å²) in [7, 11) is 1.74. The van der Waals surface area contributed by atoms with Crippen molar-refractivity contribution in [3.05, 3.63) is 29.3 Å². The van der Waals surface area contributed by atoms with Crippen LogP contribution in [0.2, 0.25) is 0 Å². The highest BCUT2D eigenvalue weighted by molar-refractivity contribution is 6.02. The molecule has 3 rings (SSSR count). The fourth-order valence-corrected chi connectivity index (χ4v) is 3.25. The van der Waals surface area contributed by atoms with Crippen LogP contribution < -0.4 is 5.32 Å². The molecule has 1 saturated carbocycles. The van der Waals surface area contributed by atoms with Crippen molar-refractivity contribution >= 4 is 17.5 Å². The Kier molecular flexibility index (Phi) is 3.68. The Hall–Kier alpha value is -1.88.